The standard InChI is InChI=1S/C46H59N5O8S/c1-7-12-29-19-21-50(22-20-29)41(52)25-36(45(3,4)5)43(54)51-28-33(24-39(51)42(53)48-46(27-31(46)8-2)44(55)49-60(56,57)34-16-17-34)59-40-26-37(30-13-10-9-11-14-30)47-38-23-32(58-6)15-18-35(38)40/h8-11,13-15,18,23,26,29,31,33-34,36,39H,2,7,12,16-17,19-22,24-25,27-28H2,1,3-6H3,(H,48,53)(H,49,55)/t31?,33-,36?,39+,46?/m1/s1. The van der Waals surface area contributed by atoms with Gasteiger partial charge in [-0.15, -0.1) is 6.58 Å². The molecule has 4 aliphatic rings. The van der Waals surface area contributed by atoms with Crippen LogP contribution in [-0.2, 0) is 29.2 Å². The molecule has 7 rings (SSSR count). The third kappa shape index (κ3) is 9.18. The van der Waals surface area contributed by atoms with Crippen LogP contribution in [0.15, 0.2) is 67.3 Å². The lowest BCUT2D eigenvalue weighted by Gasteiger charge is -2.37. The van der Waals surface area contributed by atoms with Gasteiger partial charge in [-0.1, -0.05) is 76.9 Å². The fourth-order valence-corrected chi connectivity index (χ4v) is 10.2. The molecule has 14 heteroatoms. The number of likely N-dealkylation sites (tertiary alicyclic amines) is 2. The number of carbonyl (C=O) groups is 4. The predicted octanol–water partition coefficient (Wildman–Crippen LogP) is 6.02. The normalized spacial score (nSPS) is 23.8. The maximum Gasteiger partial charge on any atom is 0.259 e. The van der Waals surface area contributed by atoms with Crippen molar-refractivity contribution in [3.8, 4) is 22.8 Å². The van der Waals surface area contributed by atoms with Gasteiger partial charge in [-0.05, 0) is 55.6 Å². The molecule has 60 heavy (non-hydrogen) atoms. The monoisotopic (exact) mass is 841 g/mol. The molecule has 0 bridgehead atoms. The van der Waals surface area contributed by atoms with Crippen LogP contribution in [-0.4, -0.2) is 96.5 Å². The minimum atomic E-state index is -3.90. The average Bonchev–Trinajstić information content (AvgIpc) is 4.16. The zero-order valence-corrected chi connectivity index (χ0v) is 36.3. The molecule has 1 aromatic heterocycles. The molecule has 2 saturated carbocycles. The van der Waals surface area contributed by atoms with Gasteiger partial charge in [0.1, 0.15) is 29.2 Å². The smallest absolute Gasteiger partial charge is 0.259 e. The number of methoxy groups -OCH3 is 1. The number of fused-ring (bicyclic) bond motifs is 1. The topological polar surface area (TPSA) is 164 Å². The number of rotatable bonds is 15. The number of benzene rings is 2. The van der Waals surface area contributed by atoms with Crippen molar-refractivity contribution in [1.29, 1.82) is 0 Å². The molecule has 5 atom stereocenters. The molecule has 322 valence electrons. The highest BCUT2D eigenvalue weighted by Gasteiger charge is 2.62. The van der Waals surface area contributed by atoms with Gasteiger partial charge in [0, 0.05) is 54.9 Å². The van der Waals surface area contributed by atoms with E-state index in [1.54, 1.807) is 7.11 Å². The van der Waals surface area contributed by atoms with E-state index in [2.05, 4.69) is 23.5 Å². The van der Waals surface area contributed by atoms with Crippen molar-refractivity contribution in [2.24, 2.45) is 23.2 Å². The second-order valence-corrected chi connectivity index (χ2v) is 20.1. The van der Waals surface area contributed by atoms with E-state index >= 15 is 4.79 Å². The number of piperidine rings is 1. The number of amides is 4. The van der Waals surface area contributed by atoms with Crippen LogP contribution < -0.4 is 19.5 Å². The van der Waals surface area contributed by atoms with Crippen LogP contribution in [0.25, 0.3) is 22.2 Å². The number of sulfonamides is 1. The molecule has 4 amide bonds. The van der Waals surface area contributed by atoms with E-state index in [0.29, 0.717) is 59.9 Å². The SMILES string of the molecule is C=CC1CC1(NC(=O)[C@@H]1C[C@@H](Oc2cc(-c3ccccc3)nc3cc(OC)ccc23)CN1C(=O)C(CC(=O)N1CCC(CCC)CC1)C(C)(C)C)C(=O)NS(=O)(=O)C1CC1. The average molecular weight is 842 g/mol. The van der Waals surface area contributed by atoms with E-state index < -0.39 is 62.0 Å². The quantitative estimate of drug-likeness (QED) is 0.174. The molecule has 3 aromatic rings. The molecular formula is C46H59N5O8S. The van der Waals surface area contributed by atoms with E-state index in [4.69, 9.17) is 14.5 Å². The maximum atomic E-state index is 15.0. The highest BCUT2D eigenvalue weighted by atomic mass is 32.2. The van der Waals surface area contributed by atoms with Gasteiger partial charge in [0.2, 0.25) is 27.7 Å². The number of carbonyl (C=O) groups excluding carboxylic acids is 4. The number of pyridine rings is 1. The zero-order valence-electron chi connectivity index (χ0n) is 35.4. The summed E-state index contributed by atoms with van der Waals surface area (Å²) in [5.41, 5.74) is -0.0265. The van der Waals surface area contributed by atoms with Crippen LogP contribution in [0.2, 0.25) is 0 Å². The van der Waals surface area contributed by atoms with E-state index in [1.165, 1.54) is 11.0 Å². The number of ether oxygens (including phenoxy) is 2. The molecule has 2 aliphatic carbocycles. The van der Waals surface area contributed by atoms with Gasteiger partial charge in [-0.2, -0.15) is 0 Å². The summed E-state index contributed by atoms with van der Waals surface area (Å²) in [6, 6.07) is 15.9. The molecule has 13 nitrogen and oxygen atoms in total. The van der Waals surface area contributed by atoms with Crippen molar-refractivity contribution >= 4 is 44.6 Å². The summed E-state index contributed by atoms with van der Waals surface area (Å²) in [5, 5.41) is 2.96. The lowest BCUT2D eigenvalue weighted by atomic mass is 9.77. The number of hydrogen-bond donors (Lipinski definition) is 2. The summed E-state index contributed by atoms with van der Waals surface area (Å²) in [7, 11) is -2.32. The summed E-state index contributed by atoms with van der Waals surface area (Å²) >= 11 is 0. The fraction of sp³-hybridized carbons (Fsp3) is 0.543. The molecule has 4 fully saturated rings. The molecule has 3 heterocycles. The fourth-order valence-electron chi connectivity index (χ4n) is 8.88. The van der Waals surface area contributed by atoms with Crippen molar-refractivity contribution in [2.75, 3.05) is 26.7 Å². The second-order valence-electron chi connectivity index (χ2n) is 18.2. The van der Waals surface area contributed by atoms with Crippen molar-refractivity contribution in [2.45, 2.75) is 108 Å². The Bertz CT molecular complexity index is 2230. The van der Waals surface area contributed by atoms with Gasteiger partial charge in [0.05, 0.1) is 36.0 Å². The Morgan fingerprint density at radius 2 is 1.75 bits per heavy atom. The van der Waals surface area contributed by atoms with Gasteiger partial charge < -0.3 is 24.6 Å². The van der Waals surface area contributed by atoms with E-state index in [9.17, 15) is 22.8 Å². The van der Waals surface area contributed by atoms with Crippen LogP contribution in [0.4, 0.5) is 0 Å². The summed E-state index contributed by atoms with van der Waals surface area (Å²) in [6.07, 6.45) is 6.13. The van der Waals surface area contributed by atoms with Crippen molar-refractivity contribution < 1.29 is 37.1 Å². The number of nitrogens with one attached hydrogen (secondary N) is 2. The van der Waals surface area contributed by atoms with Gasteiger partial charge in [-0.3, -0.25) is 23.9 Å². The predicted molar refractivity (Wildman–Crippen MR) is 229 cm³/mol. The first-order valence-corrected chi connectivity index (χ1v) is 22.9. The van der Waals surface area contributed by atoms with Gasteiger partial charge in [0.15, 0.2) is 0 Å². The van der Waals surface area contributed by atoms with Crippen molar-refractivity contribution in [3.63, 3.8) is 0 Å². The molecule has 3 unspecified atom stereocenters. The molecular weight excluding hydrogens is 783 g/mol. The van der Waals surface area contributed by atoms with Gasteiger partial charge in [-0.25, -0.2) is 13.4 Å². The van der Waals surface area contributed by atoms with Crippen LogP contribution in [0.1, 0.15) is 85.5 Å². The Morgan fingerprint density at radius 1 is 1.03 bits per heavy atom. The van der Waals surface area contributed by atoms with Gasteiger partial charge in [0.25, 0.3) is 5.91 Å². The summed E-state index contributed by atoms with van der Waals surface area (Å²) in [6.45, 7) is 13.1. The van der Waals surface area contributed by atoms with E-state index in [0.717, 1.165) is 31.2 Å². The van der Waals surface area contributed by atoms with Crippen molar-refractivity contribution in [1.82, 2.24) is 24.8 Å². The Kier molecular flexibility index (Phi) is 12.3. The molecule has 2 saturated heterocycles. The highest BCUT2D eigenvalue weighted by molar-refractivity contribution is 7.91. The Balaban J connectivity index is 1.19. The first kappa shape index (κ1) is 43.1. The van der Waals surface area contributed by atoms with Crippen LogP contribution in [0, 0.1) is 23.2 Å². The van der Waals surface area contributed by atoms with Gasteiger partial charge >= 0.3 is 0 Å². The first-order chi connectivity index (χ1) is 28.6. The Hall–Kier alpha value is -4.98. The minimum Gasteiger partial charge on any atom is -0.497 e. The largest absolute Gasteiger partial charge is 0.497 e. The number of aromatic nitrogens is 1. The van der Waals surface area contributed by atoms with Crippen LogP contribution in [0.3, 0.4) is 0 Å². The third-order valence-electron chi connectivity index (χ3n) is 12.8. The number of hydrogen-bond acceptors (Lipinski definition) is 9. The molecule has 0 radical (unpaired) electrons. The number of nitrogens with zero attached hydrogens (tertiary/aromatic N) is 3. The summed E-state index contributed by atoms with van der Waals surface area (Å²) in [5.74, 6) is -1.43. The third-order valence-corrected chi connectivity index (χ3v) is 14.6. The first-order valence-electron chi connectivity index (χ1n) is 21.4. The van der Waals surface area contributed by atoms with Crippen molar-refractivity contribution in [3.05, 3.63) is 67.3 Å². The molecule has 2 N–H and O–H groups in total. The summed E-state index contributed by atoms with van der Waals surface area (Å²) in [4.78, 5) is 65.5. The highest BCUT2D eigenvalue weighted by Crippen LogP contribution is 2.46. The minimum absolute atomic E-state index is 0.0156. The lowest BCUT2D eigenvalue weighted by molar-refractivity contribution is -0.149. The molecule has 2 aliphatic heterocycles. The van der Waals surface area contributed by atoms with E-state index in [-0.39, 0.29) is 37.6 Å². The van der Waals surface area contributed by atoms with E-state index in [1.807, 2.05) is 80.3 Å². The summed E-state index contributed by atoms with van der Waals surface area (Å²) < 4.78 is 40.2. The Morgan fingerprint density at radius 3 is 2.37 bits per heavy atom. The zero-order chi connectivity index (χ0) is 43.0. The van der Waals surface area contributed by atoms with Crippen LogP contribution in [0.5, 0.6) is 11.5 Å². The second kappa shape index (κ2) is 17.2. The molecule has 2 aromatic carbocycles. The lowest BCUT2D eigenvalue weighted by Crippen LogP contribution is -2.57. The molecule has 0 spiro atoms. The maximum absolute atomic E-state index is 15.0. The van der Waals surface area contributed by atoms with Crippen LogP contribution >= 0.6 is 0 Å². The Labute approximate surface area is 353 Å².